The van der Waals surface area contributed by atoms with Crippen LogP contribution in [0.5, 0.6) is 5.75 Å². The fourth-order valence-corrected chi connectivity index (χ4v) is 3.34. The van der Waals surface area contributed by atoms with Crippen molar-refractivity contribution < 1.29 is 24.0 Å². The third-order valence-electron chi connectivity index (χ3n) is 3.75. The summed E-state index contributed by atoms with van der Waals surface area (Å²) in [6, 6.07) is 11.6. The van der Waals surface area contributed by atoms with Gasteiger partial charge in [-0.1, -0.05) is 24.3 Å². The van der Waals surface area contributed by atoms with Crippen LogP contribution in [-0.4, -0.2) is 24.0 Å². The number of fused-ring (bicyclic) bond motifs is 1. The Balaban J connectivity index is 2.01. The molecule has 3 rings (SSSR count). The standard InChI is InChI=1S/C18H13NO6S/c1-10-14(19(22)23)9-16(26-10)18(21)25-15-8-12-6-4-3-5-11(12)7-13(15)17(20)24-2/h3-9H,1-2H3. The summed E-state index contributed by atoms with van der Waals surface area (Å²) >= 11 is 0.961. The van der Waals surface area contributed by atoms with Crippen molar-refractivity contribution in [3.63, 3.8) is 0 Å². The first kappa shape index (κ1) is 17.6. The minimum atomic E-state index is -0.772. The van der Waals surface area contributed by atoms with Crippen molar-refractivity contribution in [1.82, 2.24) is 0 Å². The molecular weight excluding hydrogens is 358 g/mol. The van der Waals surface area contributed by atoms with Crippen LogP contribution in [0.1, 0.15) is 24.9 Å². The third kappa shape index (κ3) is 3.27. The molecule has 0 unspecified atom stereocenters. The number of thiophene rings is 1. The maximum absolute atomic E-state index is 12.4. The summed E-state index contributed by atoms with van der Waals surface area (Å²) in [7, 11) is 1.23. The average Bonchev–Trinajstić information content (AvgIpc) is 3.02. The lowest BCUT2D eigenvalue weighted by Gasteiger charge is -2.10. The van der Waals surface area contributed by atoms with E-state index in [1.54, 1.807) is 19.1 Å². The first-order chi connectivity index (χ1) is 12.4. The zero-order valence-corrected chi connectivity index (χ0v) is 14.7. The molecule has 132 valence electrons. The van der Waals surface area contributed by atoms with Gasteiger partial charge in [-0.05, 0) is 29.8 Å². The Morgan fingerprint density at radius 1 is 1.08 bits per heavy atom. The molecule has 0 bridgehead atoms. The second-order valence-electron chi connectivity index (χ2n) is 5.39. The van der Waals surface area contributed by atoms with Gasteiger partial charge in [-0.2, -0.15) is 0 Å². The van der Waals surface area contributed by atoms with Gasteiger partial charge >= 0.3 is 11.9 Å². The lowest BCUT2D eigenvalue weighted by atomic mass is 10.1. The summed E-state index contributed by atoms with van der Waals surface area (Å²) in [5.74, 6) is -1.38. The Labute approximate surface area is 151 Å². The molecule has 0 aliphatic carbocycles. The van der Waals surface area contributed by atoms with Gasteiger partial charge in [0.2, 0.25) is 0 Å². The number of rotatable bonds is 4. The highest BCUT2D eigenvalue weighted by Gasteiger charge is 2.23. The fraction of sp³-hybridized carbons (Fsp3) is 0.111. The molecule has 3 aromatic rings. The number of carbonyl (C=O) groups is 2. The molecule has 0 amide bonds. The second kappa shape index (κ2) is 6.93. The molecule has 0 aliphatic rings. The Bertz CT molecular complexity index is 1040. The molecule has 0 fully saturated rings. The van der Waals surface area contributed by atoms with E-state index in [9.17, 15) is 19.7 Å². The molecule has 1 heterocycles. The highest BCUT2D eigenvalue weighted by Crippen LogP contribution is 2.31. The lowest BCUT2D eigenvalue weighted by Crippen LogP contribution is -2.11. The molecule has 2 aromatic carbocycles. The normalized spacial score (nSPS) is 10.5. The van der Waals surface area contributed by atoms with Gasteiger partial charge in [-0.15, -0.1) is 11.3 Å². The van der Waals surface area contributed by atoms with Gasteiger partial charge < -0.3 is 9.47 Å². The Kier molecular flexibility index (Phi) is 4.68. The number of carbonyl (C=O) groups excluding carboxylic acids is 2. The number of benzene rings is 2. The fourth-order valence-electron chi connectivity index (χ4n) is 2.48. The summed E-state index contributed by atoms with van der Waals surface area (Å²) in [6.45, 7) is 1.55. The number of esters is 2. The Morgan fingerprint density at radius 2 is 1.73 bits per heavy atom. The number of aryl methyl sites for hydroxylation is 1. The van der Waals surface area contributed by atoms with E-state index in [0.717, 1.165) is 22.1 Å². The van der Waals surface area contributed by atoms with E-state index >= 15 is 0 Å². The molecule has 0 spiro atoms. The number of ether oxygens (including phenoxy) is 2. The van der Waals surface area contributed by atoms with Crippen LogP contribution in [0, 0.1) is 17.0 Å². The van der Waals surface area contributed by atoms with Crippen molar-refractivity contribution in [2.45, 2.75) is 6.92 Å². The summed E-state index contributed by atoms with van der Waals surface area (Å²) in [4.78, 5) is 35.3. The molecule has 0 saturated carbocycles. The van der Waals surface area contributed by atoms with Crippen molar-refractivity contribution in [3.8, 4) is 5.75 Å². The number of hydrogen-bond acceptors (Lipinski definition) is 7. The van der Waals surface area contributed by atoms with E-state index in [1.165, 1.54) is 13.2 Å². The zero-order chi connectivity index (χ0) is 18.8. The summed E-state index contributed by atoms with van der Waals surface area (Å²) in [6.07, 6.45) is 0. The van der Waals surface area contributed by atoms with Gasteiger partial charge in [0.05, 0.1) is 16.9 Å². The van der Waals surface area contributed by atoms with Crippen LogP contribution in [0.25, 0.3) is 10.8 Å². The van der Waals surface area contributed by atoms with Crippen molar-refractivity contribution in [2.24, 2.45) is 0 Å². The lowest BCUT2D eigenvalue weighted by molar-refractivity contribution is -0.385. The maximum Gasteiger partial charge on any atom is 0.353 e. The third-order valence-corrected chi connectivity index (χ3v) is 4.77. The quantitative estimate of drug-likeness (QED) is 0.296. The van der Waals surface area contributed by atoms with Crippen LogP contribution in [0.3, 0.4) is 0 Å². The zero-order valence-electron chi connectivity index (χ0n) is 13.8. The van der Waals surface area contributed by atoms with E-state index in [-0.39, 0.29) is 21.9 Å². The minimum absolute atomic E-state index is 0.0363. The van der Waals surface area contributed by atoms with Crippen LogP contribution in [0.2, 0.25) is 0 Å². The minimum Gasteiger partial charge on any atom is -0.465 e. The monoisotopic (exact) mass is 371 g/mol. The molecule has 7 nitrogen and oxygen atoms in total. The molecule has 0 N–H and O–H groups in total. The smallest absolute Gasteiger partial charge is 0.353 e. The van der Waals surface area contributed by atoms with Crippen molar-refractivity contribution in [2.75, 3.05) is 7.11 Å². The molecule has 8 heteroatoms. The highest BCUT2D eigenvalue weighted by atomic mass is 32.1. The SMILES string of the molecule is COC(=O)c1cc2ccccc2cc1OC(=O)c1cc([N+](=O)[O-])c(C)s1. The van der Waals surface area contributed by atoms with E-state index < -0.39 is 16.9 Å². The molecular formula is C18H13NO6S. The van der Waals surface area contributed by atoms with Gasteiger partial charge in [0.15, 0.2) is 0 Å². The summed E-state index contributed by atoms with van der Waals surface area (Å²) in [5.41, 5.74) is -0.0454. The largest absolute Gasteiger partial charge is 0.465 e. The van der Waals surface area contributed by atoms with Crippen molar-refractivity contribution >= 4 is 39.7 Å². The molecule has 0 aliphatic heterocycles. The van der Waals surface area contributed by atoms with E-state index in [4.69, 9.17) is 9.47 Å². The van der Waals surface area contributed by atoms with E-state index in [2.05, 4.69) is 0 Å². The predicted octanol–water partition coefficient (Wildman–Crippen LogP) is 4.12. The number of nitro groups is 1. The molecule has 26 heavy (non-hydrogen) atoms. The van der Waals surface area contributed by atoms with Gasteiger partial charge in [-0.25, -0.2) is 9.59 Å². The van der Waals surface area contributed by atoms with E-state index in [0.29, 0.717) is 4.88 Å². The summed E-state index contributed by atoms with van der Waals surface area (Å²) in [5, 5.41) is 12.5. The van der Waals surface area contributed by atoms with Gasteiger partial charge in [0.25, 0.3) is 5.69 Å². The topological polar surface area (TPSA) is 95.7 Å². The van der Waals surface area contributed by atoms with Gasteiger partial charge in [-0.3, -0.25) is 10.1 Å². The van der Waals surface area contributed by atoms with Gasteiger partial charge in [0, 0.05) is 6.07 Å². The second-order valence-corrected chi connectivity index (χ2v) is 6.64. The van der Waals surface area contributed by atoms with Crippen LogP contribution in [-0.2, 0) is 4.74 Å². The average molecular weight is 371 g/mol. The Morgan fingerprint density at radius 3 is 2.31 bits per heavy atom. The number of nitrogens with zero attached hydrogens (tertiary/aromatic N) is 1. The van der Waals surface area contributed by atoms with Crippen LogP contribution >= 0.6 is 11.3 Å². The van der Waals surface area contributed by atoms with Crippen LogP contribution in [0.15, 0.2) is 42.5 Å². The van der Waals surface area contributed by atoms with E-state index in [1.807, 2.05) is 24.3 Å². The molecule has 0 atom stereocenters. The van der Waals surface area contributed by atoms with Crippen LogP contribution in [0.4, 0.5) is 5.69 Å². The number of methoxy groups -OCH3 is 1. The first-order valence-corrected chi connectivity index (χ1v) is 8.30. The molecule has 1 aromatic heterocycles. The first-order valence-electron chi connectivity index (χ1n) is 7.49. The maximum atomic E-state index is 12.4. The van der Waals surface area contributed by atoms with Crippen molar-refractivity contribution in [3.05, 3.63) is 67.9 Å². The highest BCUT2D eigenvalue weighted by molar-refractivity contribution is 7.14. The molecule has 0 saturated heterocycles. The Hall–Kier alpha value is -3.26. The summed E-state index contributed by atoms with van der Waals surface area (Å²) < 4.78 is 10.1. The number of hydrogen-bond donors (Lipinski definition) is 0. The molecule has 0 radical (unpaired) electrons. The van der Waals surface area contributed by atoms with Gasteiger partial charge in [0.1, 0.15) is 16.2 Å². The van der Waals surface area contributed by atoms with Crippen molar-refractivity contribution in [1.29, 1.82) is 0 Å². The van der Waals surface area contributed by atoms with Crippen LogP contribution < -0.4 is 4.74 Å². The predicted molar refractivity (Wildman–Crippen MR) is 96.0 cm³/mol.